The summed E-state index contributed by atoms with van der Waals surface area (Å²) in [4.78, 5) is 25.2. The van der Waals surface area contributed by atoms with E-state index in [0.717, 1.165) is 40.7 Å². The molecule has 2 atom stereocenters. The van der Waals surface area contributed by atoms with E-state index in [9.17, 15) is 4.79 Å². The Morgan fingerprint density at radius 3 is 2.80 bits per heavy atom. The van der Waals surface area contributed by atoms with Crippen molar-refractivity contribution in [2.75, 3.05) is 6.54 Å². The van der Waals surface area contributed by atoms with Crippen LogP contribution in [0, 0.1) is 17.8 Å². The van der Waals surface area contributed by atoms with Gasteiger partial charge in [-0.25, -0.2) is 4.98 Å². The average Bonchev–Trinajstić information content (AvgIpc) is 3.04. The van der Waals surface area contributed by atoms with E-state index in [2.05, 4.69) is 35.6 Å². The third-order valence-electron chi connectivity index (χ3n) is 5.55. The molecular formula is C20H25N3OS. The number of hydrogen-bond acceptors (Lipinski definition) is 4. The minimum absolute atomic E-state index is 0.156. The van der Waals surface area contributed by atoms with E-state index in [1.54, 1.807) is 6.20 Å². The van der Waals surface area contributed by atoms with Crippen LogP contribution in [0.1, 0.15) is 55.4 Å². The first-order valence-electron chi connectivity index (χ1n) is 8.96. The molecule has 0 spiro atoms. The predicted octanol–water partition coefficient (Wildman–Crippen LogP) is 4.55. The Labute approximate surface area is 153 Å². The van der Waals surface area contributed by atoms with Gasteiger partial charge < -0.3 is 4.90 Å². The van der Waals surface area contributed by atoms with Gasteiger partial charge in [-0.2, -0.15) is 0 Å². The molecule has 0 aromatic carbocycles. The maximum absolute atomic E-state index is 13.3. The van der Waals surface area contributed by atoms with Crippen LogP contribution in [0.15, 0.2) is 24.4 Å². The summed E-state index contributed by atoms with van der Waals surface area (Å²) < 4.78 is 0. The molecule has 5 heteroatoms. The van der Waals surface area contributed by atoms with Crippen molar-refractivity contribution in [1.29, 1.82) is 0 Å². The van der Waals surface area contributed by atoms with Crippen LogP contribution in [0.2, 0.25) is 0 Å². The molecule has 1 aliphatic heterocycles. The molecule has 4 nitrogen and oxygen atoms in total. The molecule has 132 valence electrons. The van der Waals surface area contributed by atoms with Crippen LogP contribution in [0.5, 0.6) is 0 Å². The lowest BCUT2D eigenvalue weighted by molar-refractivity contribution is 0.0712. The second-order valence-corrected chi connectivity index (χ2v) is 9.79. The molecule has 2 aromatic rings. The van der Waals surface area contributed by atoms with Crippen LogP contribution >= 0.6 is 11.3 Å². The summed E-state index contributed by atoms with van der Waals surface area (Å²) in [7, 11) is 0. The molecule has 2 aliphatic rings. The minimum atomic E-state index is 0.156. The van der Waals surface area contributed by atoms with Gasteiger partial charge in [0.2, 0.25) is 0 Å². The molecule has 4 rings (SSSR count). The summed E-state index contributed by atoms with van der Waals surface area (Å²) in [5, 5.41) is 0.829. The Balaban J connectivity index is 1.63. The molecule has 1 aliphatic carbocycles. The van der Waals surface area contributed by atoms with Crippen LogP contribution in [0.3, 0.4) is 0 Å². The lowest BCUT2D eigenvalue weighted by Gasteiger charge is -2.39. The minimum Gasteiger partial charge on any atom is -0.334 e. The highest BCUT2D eigenvalue weighted by molar-refractivity contribution is 7.17. The number of aryl methyl sites for hydroxylation is 1. The van der Waals surface area contributed by atoms with Crippen LogP contribution in [-0.4, -0.2) is 33.4 Å². The van der Waals surface area contributed by atoms with Crippen molar-refractivity contribution in [3.8, 4) is 10.7 Å². The first-order chi connectivity index (χ1) is 11.8. The standard InChI is InChI=1S/C20H25N3OS/c1-13-16(25-17(22-13)15-7-5-6-8-21-15)18(24)23-12-20(4)10-14(23)9-19(2,3)11-20/h5-8,14H,9-12H2,1-4H3. The third-order valence-corrected chi connectivity index (χ3v) is 6.72. The van der Waals surface area contributed by atoms with E-state index < -0.39 is 0 Å². The van der Waals surface area contributed by atoms with E-state index in [1.807, 2.05) is 25.1 Å². The fourth-order valence-electron chi connectivity index (χ4n) is 5.02. The molecule has 2 fully saturated rings. The molecular weight excluding hydrogens is 330 g/mol. The zero-order chi connectivity index (χ0) is 17.8. The molecule has 2 aromatic heterocycles. The molecule has 2 unspecified atom stereocenters. The number of carbonyl (C=O) groups is 1. The second-order valence-electron chi connectivity index (χ2n) is 8.80. The van der Waals surface area contributed by atoms with Crippen molar-refractivity contribution >= 4 is 17.2 Å². The molecule has 1 saturated heterocycles. The number of likely N-dealkylation sites (tertiary alicyclic amines) is 1. The zero-order valence-electron chi connectivity index (χ0n) is 15.4. The van der Waals surface area contributed by atoms with Gasteiger partial charge in [0.25, 0.3) is 5.91 Å². The summed E-state index contributed by atoms with van der Waals surface area (Å²) in [6.07, 6.45) is 5.19. The Morgan fingerprint density at radius 2 is 2.08 bits per heavy atom. The van der Waals surface area contributed by atoms with E-state index in [4.69, 9.17) is 0 Å². The van der Waals surface area contributed by atoms with Gasteiger partial charge in [0, 0.05) is 18.8 Å². The van der Waals surface area contributed by atoms with E-state index in [0.29, 0.717) is 11.5 Å². The normalized spacial score (nSPS) is 27.5. The Hall–Kier alpha value is -1.75. The number of pyridine rings is 1. The average molecular weight is 356 g/mol. The van der Waals surface area contributed by atoms with Gasteiger partial charge in [0.1, 0.15) is 9.88 Å². The first-order valence-corrected chi connectivity index (χ1v) is 9.78. The summed E-state index contributed by atoms with van der Waals surface area (Å²) in [5.74, 6) is 0.156. The van der Waals surface area contributed by atoms with Crippen LogP contribution in [-0.2, 0) is 0 Å². The van der Waals surface area contributed by atoms with Gasteiger partial charge >= 0.3 is 0 Å². The maximum atomic E-state index is 13.3. The number of rotatable bonds is 2. The summed E-state index contributed by atoms with van der Waals surface area (Å²) in [5.41, 5.74) is 2.23. The lowest BCUT2D eigenvalue weighted by Crippen LogP contribution is -2.37. The highest BCUT2D eigenvalue weighted by atomic mass is 32.1. The smallest absolute Gasteiger partial charge is 0.266 e. The Bertz CT molecular complexity index is 814. The van der Waals surface area contributed by atoms with E-state index in [-0.39, 0.29) is 11.3 Å². The predicted molar refractivity (Wildman–Crippen MR) is 101 cm³/mol. The molecule has 25 heavy (non-hydrogen) atoms. The summed E-state index contributed by atoms with van der Waals surface area (Å²) in [6.45, 7) is 9.82. The van der Waals surface area contributed by atoms with Crippen molar-refractivity contribution in [1.82, 2.24) is 14.9 Å². The third kappa shape index (κ3) is 2.99. The number of carbonyl (C=O) groups excluding carboxylic acids is 1. The number of thiazole rings is 1. The Morgan fingerprint density at radius 1 is 1.28 bits per heavy atom. The molecule has 3 heterocycles. The van der Waals surface area contributed by atoms with Crippen molar-refractivity contribution in [2.45, 2.75) is 53.0 Å². The maximum Gasteiger partial charge on any atom is 0.266 e. The first kappa shape index (κ1) is 16.7. The van der Waals surface area contributed by atoms with Crippen molar-refractivity contribution in [2.24, 2.45) is 10.8 Å². The lowest BCUT2D eigenvalue weighted by atomic mass is 9.65. The van der Waals surface area contributed by atoms with Gasteiger partial charge in [-0.05, 0) is 49.1 Å². The Kier molecular flexibility index (Phi) is 3.76. The van der Waals surface area contributed by atoms with Crippen LogP contribution in [0.25, 0.3) is 10.7 Å². The SMILES string of the molecule is Cc1nc(-c2ccccn2)sc1C(=O)N1CC2(C)CC1CC(C)(C)C2. The van der Waals surface area contributed by atoms with Crippen LogP contribution < -0.4 is 0 Å². The van der Waals surface area contributed by atoms with Crippen molar-refractivity contribution < 1.29 is 4.79 Å². The second kappa shape index (κ2) is 5.63. The zero-order valence-corrected chi connectivity index (χ0v) is 16.2. The summed E-state index contributed by atoms with van der Waals surface area (Å²) in [6, 6.07) is 6.15. The molecule has 0 N–H and O–H groups in total. The number of aromatic nitrogens is 2. The summed E-state index contributed by atoms with van der Waals surface area (Å²) >= 11 is 1.48. The molecule has 1 saturated carbocycles. The van der Waals surface area contributed by atoms with Gasteiger partial charge in [0.05, 0.1) is 11.4 Å². The molecule has 1 amide bonds. The number of fused-ring (bicyclic) bond motifs is 2. The topological polar surface area (TPSA) is 46.1 Å². The number of nitrogens with zero attached hydrogens (tertiary/aromatic N) is 3. The molecule has 0 radical (unpaired) electrons. The highest BCUT2D eigenvalue weighted by Crippen LogP contribution is 2.52. The van der Waals surface area contributed by atoms with Crippen molar-refractivity contribution in [3.05, 3.63) is 35.0 Å². The van der Waals surface area contributed by atoms with E-state index in [1.165, 1.54) is 17.8 Å². The van der Waals surface area contributed by atoms with Gasteiger partial charge in [-0.15, -0.1) is 11.3 Å². The van der Waals surface area contributed by atoms with Crippen molar-refractivity contribution in [3.63, 3.8) is 0 Å². The number of amides is 1. The van der Waals surface area contributed by atoms with Gasteiger partial charge in [-0.3, -0.25) is 9.78 Å². The van der Waals surface area contributed by atoms with E-state index >= 15 is 0 Å². The monoisotopic (exact) mass is 355 g/mol. The van der Waals surface area contributed by atoms with Gasteiger partial charge in [-0.1, -0.05) is 26.8 Å². The van der Waals surface area contributed by atoms with Crippen LogP contribution in [0.4, 0.5) is 0 Å². The largest absolute Gasteiger partial charge is 0.334 e. The highest BCUT2D eigenvalue weighted by Gasteiger charge is 2.51. The fraction of sp³-hybridized carbons (Fsp3) is 0.550. The molecule has 2 bridgehead atoms. The van der Waals surface area contributed by atoms with Gasteiger partial charge in [0.15, 0.2) is 0 Å². The number of hydrogen-bond donors (Lipinski definition) is 0. The quantitative estimate of drug-likeness (QED) is 0.794. The fourth-order valence-corrected chi connectivity index (χ4v) is 6.02.